The van der Waals surface area contributed by atoms with Gasteiger partial charge in [-0.3, -0.25) is 0 Å². The van der Waals surface area contributed by atoms with Gasteiger partial charge >= 0.3 is 0 Å². The van der Waals surface area contributed by atoms with Crippen LogP contribution >= 0.6 is 0 Å². The van der Waals surface area contributed by atoms with Gasteiger partial charge in [0.25, 0.3) is 0 Å². The molecule has 0 amide bonds. The molecule has 0 saturated carbocycles. The molecule has 0 bridgehead atoms. The molecule has 2 aliphatic rings. The van der Waals surface area contributed by atoms with Crippen LogP contribution in [-0.2, 0) is 18.2 Å². The van der Waals surface area contributed by atoms with Gasteiger partial charge in [0.05, 0.1) is 26.3 Å². The molecule has 2 fully saturated rings. The second-order valence-corrected chi connectivity index (χ2v) is 9.15. The van der Waals surface area contributed by atoms with Gasteiger partial charge in [-0.2, -0.15) is 0 Å². The number of rotatable bonds is 6. The first-order valence-corrected chi connectivity index (χ1v) is 11.7. The molecule has 2 aliphatic heterocycles. The van der Waals surface area contributed by atoms with E-state index in [1.807, 2.05) is 49.9 Å². The summed E-state index contributed by atoms with van der Waals surface area (Å²) in [7, 11) is 1.93. The Hall–Kier alpha value is -3.59. The minimum absolute atomic E-state index is 0.0322. The molecule has 0 unspecified atom stereocenters. The van der Waals surface area contributed by atoms with E-state index in [4.69, 9.17) is 19.4 Å². The van der Waals surface area contributed by atoms with Crippen molar-refractivity contribution in [1.82, 2.24) is 29.7 Å². The van der Waals surface area contributed by atoms with E-state index in [0.717, 1.165) is 77.1 Å². The zero-order valence-electron chi connectivity index (χ0n) is 19.7. The summed E-state index contributed by atoms with van der Waals surface area (Å²) in [6, 6.07) is 8.15. The highest BCUT2D eigenvalue weighted by Crippen LogP contribution is 2.40. The molecule has 9 heteroatoms. The first-order chi connectivity index (χ1) is 16.5. The molecule has 174 valence electrons. The van der Waals surface area contributed by atoms with E-state index in [9.17, 15) is 0 Å². The van der Waals surface area contributed by atoms with Crippen molar-refractivity contribution in [3.8, 4) is 17.1 Å². The summed E-state index contributed by atoms with van der Waals surface area (Å²) < 4.78 is 13.7. The number of nitrogens with zero attached hydrogens (tertiary/aromatic N) is 7. The van der Waals surface area contributed by atoms with Crippen molar-refractivity contribution in [3.63, 3.8) is 0 Å². The smallest absolute Gasteiger partial charge is 0.163 e. The normalized spacial score (nSPS) is 16.5. The fourth-order valence-electron chi connectivity index (χ4n) is 4.78. The van der Waals surface area contributed by atoms with Crippen molar-refractivity contribution in [2.24, 2.45) is 7.05 Å². The highest BCUT2D eigenvalue weighted by atomic mass is 16.5. The van der Waals surface area contributed by atoms with Crippen LogP contribution in [0, 0.1) is 6.92 Å². The van der Waals surface area contributed by atoms with E-state index < -0.39 is 0 Å². The van der Waals surface area contributed by atoms with Gasteiger partial charge in [-0.05, 0) is 26.0 Å². The van der Waals surface area contributed by atoms with Gasteiger partial charge in [-0.25, -0.2) is 15.0 Å². The summed E-state index contributed by atoms with van der Waals surface area (Å²) in [4.78, 5) is 16.7. The average molecular weight is 458 g/mol. The number of aryl methyl sites for hydroxylation is 2. The lowest BCUT2D eigenvalue weighted by Gasteiger charge is -2.55. The molecular weight excluding hydrogens is 430 g/mol. The number of pyridine rings is 1. The maximum atomic E-state index is 5.97. The number of benzene rings is 1. The predicted molar refractivity (Wildman–Crippen MR) is 128 cm³/mol. The zero-order valence-corrected chi connectivity index (χ0v) is 19.7. The molecule has 4 aromatic rings. The molecule has 5 heterocycles. The van der Waals surface area contributed by atoms with Gasteiger partial charge in [-0.1, -0.05) is 12.1 Å². The number of anilines is 1. The van der Waals surface area contributed by atoms with E-state index in [1.165, 1.54) is 0 Å². The fraction of sp³-hybridized carbons (Fsp3) is 0.400. The van der Waals surface area contributed by atoms with Gasteiger partial charge in [0, 0.05) is 48.3 Å². The third-order valence-corrected chi connectivity index (χ3v) is 6.63. The van der Waals surface area contributed by atoms with Crippen LogP contribution in [0.1, 0.15) is 30.4 Å². The number of hydrogen-bond donors (Lipinski definition) is 0. The van der Waals surface area contributed by atoms with Crippen LogP contribution in [0.2, 0.25) is 0 Å². The zero-order chi connectivity index (χ0) is 23.3. The maximum Gasteiger partial charge on any atom is 0.163 e. The van der Waals surface area contributed by atoms with Crippen LogP contribution in [0.5, 0.6) is 5.75 Å². The lowest BCUT2D eigenvalue weighted by atomic mass is 9.86. The second kappa shape index (κ2) is 8.02. The van der Waals surface area contributed by atoms with Gasteiger partial charge in [0.2, 0.25) is 0 Å². The molecule has 0 atom stereocenters. The minimum Gasteiger partial charge on any atom is -0.494 e. The Kier molecular flexibility index (Phi) is 4.95. The van der Waals surface area contributed by atoms with E-state index in [-0.39, 0.29) is 5.60 Å². The maximum absolute atomic E-state index is 5.97. The predicted octanol–water partition coefficient (Wildman–Crippen LogP) is 3.10. The summed E-state index contributed by atoms with van der Waals surface area (Å²) in [6.45, 7) is 7.17. The molecule has 1 aromatic carbocycles. The van der Waals surface area contributed by atoms with Crippen LogP contribution < -0.4 is 9.64 Å². The van der Waals surface area contributed by atoms with Gasteiger partial charge in [0.15, 0.2) is 11.6 Å². The third kappa shape index (κ3) is 3.56. The number of aromatic nitrogens is 6. The summed E-state index contributed by atoms with van der Waals surface area (Å²) in [5, 5.41) is 9.20. The molecule has 1 spiro atoms. The van der Waals surface area contributed by atoms with E-state index >= 15 is 0 Å². The Bertz CT molecular complexity index is 1370. The first kappa shape index (κ1) is 21.0. The van der Waals surface area contributed by atoms with Crippen LogP contribution in [0.4, 0.5) is 5.82 Å². The Morgan fingerprint density at radius 2 is 2.03 bits per heavy atom. The van der Waals surface area contributed by atoms with Gasteiger partial charge in [-0.15, -0.1) is 10.2 Å². The summed E-state index contributed by atoms with van der Waals surface area (Å²) >= 11 is 0. The molecular formula is C25H27N7O2. The van der Waals surface area contributed by atoms with Crippen molar-refractivity contribution >= 4 is 16.7 Å². The van der Waals surface area contributed by atoms with Crippen molar-refractivity contribution < 1.29 is 9.47 Å². The van der Waals surface area contributed by atoms with E-state index in [1.54, 1.807) is 6.33 Å². The molecule has 0 aliphatic carbocycles. The second-order valence-electron chi connectivity index (χ2n) is 9.15. The van der Waals surface area contributed by atoms with Crippen molar-refractivity contribution in [1.29, 1.82) is 0 Å². The Morgan fingerprint density at radius 1 is 1.18 bits per heavy atom. The SMILES string of the molecule is CCOc1cc(-c2nncn2C)ccc1Cc1ncc2cc(C)nc(N3CC4(CCO4)C3)c2n1. The Balaban J connectivity index is 1.33. The average Bonchev–Trinajstić information content (AvgIpc) is 3.19. The molecule has 9 nitrogen and oxygen atoms in total. The van der Waals surface area contributed by atoms with Crippen molar-refractivity contribution in [2.75, 3.05) is 31.2 Å². The van der Waals surface area contributed by atoms with Crippen LogP contribution in [-0.4, -0.2) is 61.6 Å². The molecule has 0 radical (unpaired) electrons. The molecule has 34 heavy (non-hydrogen) atoms. The highest BCUT2D eigenvalue weighted by Gasteiger charge is 2.50. The van der Waals surface area contributed by atoms with E-state index in [0.29, 0.717) is 13.0 Å². The molecule has 6 rings (SSSR count). The summed E-state index contributed by atoms with van der Waals surface area (Å²) in [5.41, 5.74) is 3.87. The Labute approximate surface area is 197 Å². The van der Waals surface area contributed by atoms with Gasteiger partial charge < -0.3 is 18.9 Å². The molecule has 0 N–H and O–H groups in total. The lowest BCUT2D eigenvalue weighted by Crippen LogP contribution is -2.68. The summed E-state index contributed by atoms with van der Waals surface area (Å²) in [5.74, 6) is 3.26. The molecule has 3 aromatic heterocycles. The van der Waals surface area contributed by atoms with E-state index in [2.05, 4.69) is 26.1 Å². The number of hydrogen-bond acceptors (Lipinski definition) is 8. The quantitative estimate of drug-likeness (QED) is 0.436. The highest BCUT2D eigenvalue weighted by molar-refractivity contribution is 5.89. The molecule has 2 saturated heterocycles. The van der Waals surface area contributed by atoms with Gasteiger partial charge in [0.1, 0.15) is 29.0 Å². The lowest BCUT2D eigenvalue weighted by molar-refractivity contribution is -0.161. The van der Waals surface area contributed by atoms with Crippen molar-refractivity contribution in [2.45, 2.75) is 32.3 Å². The fourth-order valence-corrected chi connectivity index (χ4v) is 4.78. The largest absolute Gasteiger partial charge is 0.494 e. The number of ether oxygens (including phenoxy) is 2. The third-order valence-electron chi connectivity index (χ3n) is 6.63. The summed E-state index contributed by atoms with van der Waals surface area (Å²) in [6.07, 6.45) is 5.28. The monoisotopic (exact) mass is 457 g/mol. The van der Waals surface area contributed by atoms with Crippen molar-refractivity contribution in [3.05, 3.63) is 53.9 Å². The van der Waals surface area contributed by atoms with Crippen LogP contribution in [0.3, 0.4) is 0 Å². The first-order valence-electron chi connectivity index (χ1n) is 11.7. The minimum atomic E-state index is 0.0322. The number of fused-ring (bicyclic) bond motifs is 1. The van der Waals surface area contributed by atoms with Crippen LogP contribution in [0.15, 0.2) is 36.8 Å². The Morgan fingerprint density at radius 3 is 2.74 bits per heavy atom. The topological polar surface area (TPSA) is 91.1 Å². The van der Waals surface area contributed by atoms with Crippen LogP contribution in [0.25, 0.3) is 22.3 Å². The standard InChI is InChI=1S/C25H27N7O2/c1-4-33-20-10-18(23-30-27-15-31(23)3)6-5-17(20)11-21-26-12-19-9-16(2)28-24(22(19)29-21)32-13-25(14-32)7-8-34-25/h5-6,9-10,12,15H,4,7-8,11,13-14H2,1-3H3.